The highest BCUT2D eigenvalue weighted by Crippen LogP contribution is 2.76. The van der Waals surface area contributed by atoms with Crippen LogP contribution in [0.5, 0.6) is 0 Å². The second-order valence-electron chi connectivity index (χ2n) is 18.1. The number of hydrogen-bond acceptors (Lipinski definition) is 8. The lowest BCUT2D eigenvalue weighted by Gasteiger charge is -2.70. The predicted octanol–water partition coefficient (Wildman–Crippen LogP) is 4.32. The first-order chi connectivity index (χ1) is 20.8. The highest BCUT2D eigenvalue weighted by molar-refractivity contribution is 5.21. The molecule has 5 saturated carbocycles. The van der Waals surface area contributed by atoms with Gasteiger partial charge in [0, 0.05) is 5.92 Å². The van der Waals surface area contributed by atoms with Gasteiger partial charge in [0.25, 0.3) is 0 Å². The first-order valence-electron chi connectivity index (χ1n) is 17.8. The second-order valence-corrected chi connectivity index (χ2v) is 18.1. The number of fused-ring (bicyclic) bond motifs is 6. The summed E-state index contributed by atoms with van der Waals surface area (Å²) in [5.41, 5.74) is -1.57. The largest absolute Gasteiger partial charge is 0.396 e. The maximum absolute atomic E-state index is 12.3. The Morgan fingerprint density at radius 1 is 0.933 bits per heavy atom. The summed E-state index contributed by atoms with van der Waals surface area (Å²) in [5.74, 6) is -0.0253. The Morgan fingerprint density at radius 3 is 2.24 bits per heavy atom. The first-order valence-corrected chi connectivity index (χ1v) is 17.8. The fraction of sp³-hybridized carbons (Fsp3) is 0.946. The normalized spacial score (nSPS) is 54.6. The average molecular weight is 635 g/mol. The van der Waals surface area contributed by atoms with Crippen molar-refractivity contribution in [1.29, 1.82) is 0 Å². The third kappa shape index (κ3) is 4.52. The molecule has 258 valence electrons. The van der Waals surface area contributed by atoms with Crippen molar-refractivity contribution in [2.45, 2.75) is 161 Å². The molecule has 0 aromatic carbocycles. The van der Waals surface area contributed by atoms with E-state index in [0.717, 1.165) is 51.4 Å². The molecule has 8 nitrogen and oxygen atoms in total. The van der Waals surface area contributed by atoms with Crippen molar-refractivity contribution in [3.8, 4) is 0 Å². The van der Waals surface area contributed by atoms with Gasteiger partial charge >= 0.3 is 0 Å². The van der Waals surface area contributed by atoms with Crippen LogP contribution < -0.4 is 0 Å². The fourth-order valence-corrected chi connectivity index (χ4v) is 12.8. The van der Waals surface area contributed by atoms with E-state index in [1.165, 1.54) is 5.57 Å². The minimum atomic E-state index is -1.81. The Morgan fingerprint density at radius 2 is 1.60 bits per heavy atom. The number of aliphatic hydroxyl groups excluding tert-OH is 5. The third-order valence-electron chi connectivity index (χ3n) is 15.7. The lowest BCUT2D eigenvalue weighted by atomic mass is 9.35. The maximum atomic E-state index is 12.3. The average Bonchev–Trinajstić information content (AvgIpc) is 3.41. The summed E-state index contributed by atoms with van der Waals surface area (Å²) in [5, 5.41) is 66.3. The predicted molar refractivity (Wildman–Crippen MR) is 171 cm³/mol. The molecule has 0 aromatic rings. The van der Waals surface area contributed by atoms with Crippen LogP contribution in [0.3, 0.4) is 0 Å². The van der Waals surface area contributed by atoms with Crippen LogP contribution >= 0.6 is 0 Å². The van der Waals surface area contributed by atoms with Crippen molar-refractivity contribution in [3.63, 3.8) is 0 Å². The van der Waals surface area contributed by atoms with Crippen LogP contribution in [0, 0.1) is 51.2 Å². The van der Waals surface area contributed by atoms with Gasteiger partial charge in [-0.3, -0.25) is 0 Å². The van der Waals surface area contributed by atoms with E-state index in [4.69, 9.17) is 9.47 Å². The standard InChI is InChI=1S/C37H62O8/c1-20(2)10-9-14-36(8,45-31-37(43)29(42)28(41)21(19-38)30(37)44-31)22-11-16-35(7)27(22)23(39)18-25-33(5)15-13-26(40)32(3,4)24(33)12-17-34(25,35)6/h10,21-31,38-43H,9,11-19H2,1-8H3/t21?,22?,23-,24?,25?,26+,27?,28?,29?,30?,31?,33+,34-,35-,36-,37?/m1/s1. The molecule has 0 spiro atoms. The molecule has 1 aliphatic heterocycles. The van der Waals surface area contributed by atoms with Crippen molar-refractivity contribution in [1.82, 2.24) is 0 Å². The molecule has 6 N–H and O–H groups in total. The molecule has 8 heteroatoms. The quantitative estimate of drug-likeness (QED) is 0.228. The minimum absolute atomic E-state index is 0.000607. The SMILES string of the molecule is CC(C)=CCC[C@@](C)(OC1OC2C(CO)C(O)C(O)C12O)C1CC[C@]2(C)C1[C@H](O)CC1[C@@]3(C)CC[C@H](O)C(C)(C)C3CC[C@]12C. The van der Waals surface area contributed by atoms with Crippen LogP contribution in [-0.4, -0.2) is 85.3 Å². The zero-order valence-corrected chi connectivity index (χ0v) is 29.0. The summed E-state index contributed by atoms with van der Waals surface area (Å²) in [6.07, 6.45) is 4.58. The molecular formula is C37H62O8. The van der Waals surface area contributed by atoms with Gasteiger partial charge in [0.1, 0.15) is 12.2 Å². The summed E-state index contributed by atoms with van der Waals surface area (Å²) in [6.45, 7) is 17.7. The van der Waals surface area contributed by atoms with E-state index < -0.39 is 54.4 Å². The van der Waals surface area contributed by atoms with Crippen molar-refractivity contribution < 1.29 is 40.1 Å². The van der Waals surface area contributed by atoms with Crippen LogP contribution in [0.1, 0.15) is 113 Å². The summed E-state index contributed by atoms with van der Waals surface area (Å²) in [4.78, 5) is 0. The summed E-state index contributed by atoms with van der Waals surface area (Å²) < 4.78 is 12.9. The van der Waals surface area contributed by atoms with Gasteiger partial charge in [0.15, 0.2) is 11.9 Å². The molecule has 0 aromatic heterocycles. The van der Waals surface area contributed by atoms with E-state index in [1.807, 2.05) is 0 Å². The van der Waals surface area contributed by atoms with E-state index in [2.05, 4.69) is 61.5 Å². The molecule has 6 aliphatic rings. The van der Waals surface area contributed by atoms with Gasteiger partial charge in [0.05, 0.1) is 30.5 Å². The molecular weight excluding hydrogens is 572 g/mol. The van der Waals surface area contributed by atoms with Crippen molar-refractivity contribution in [3.05, 3.63) is 11.6 Å². The monoisotopic (exact) mass is 634 g/mol. The molecule has 10 unspecified atom stereocenters. The van der Waals surface area contributed by atoms with E-state index in [-0.39, 0.29) is 39.6 Å². The number of hydrogen-bond donors (Lipinski definition) is 6. The van der Waals surface area contributed by atoms with E-state index in [9.17, 15) is 30.6 Å². The Bertz CT molecular complexity index is 1170. The Labute approximate surface area is 270 Å². The first kappa shape index (κ1) is 34.3. The van der Waals surface area contributed by atoms with E-state index in [0.29, 0.717) is 18.3 Å². The molecule has 1 saturated heterocycles. The summed E-state index contributed by atoms with van der Waals surface area (Å²) >= 11 is 0. The van der Waals surface area contributed by atoms with Crippen molar-refractivity contribution >= 4 is 0 Å². The molecule has 6 rings (SSSR count). The van der Waals surface area contributed by atoms with Crippen LogP contribution in [-0.2, 0) is 9.47 Å². The van der Waals surface area contributed by atoms with Gasteiger partial charge in [-0.2, -0.15) is 0 Å². The number of ether oxygens (including phenoxy) is 2. The molecule has 0 bridgehead atoms. The Balaban J connectivity index is 1.32. The van der Waals surface area contributed by atoms with Gasteiger partial charge in [0.2, 0.25) is 0 Å². The zero-order valence-electron chi connectivity index (χ0n) is 29.0. The highest BCUT2D eigenvalue weighted by atomic mass is 16.7. The molecule has 0 amide bonds. The number of aliphatic hydroxyl groups is 6. The molecule has 6 fully saturated rings. The van der Waals surface area contributed by atoms with Crippen LogP contribution in [0.4, 0.5) is 0 Å². The van der Waals surface area contributed by atoms with Crippen LogP contribution in [0.15, 0.2) is 11.6 Å². The summed E-state index contributed by atoms with van der Waals surface area (Å²) in [6, 6.07) is 0. The van der Waals surface area contributed by atoms with Crippen LogP contribution in [0.25, 0.3) is 0 Å². The van der Waals surface area contributed by atoms with Gasteiger partial charge in [-0.25, -0.2) is 0 Å². The molecule has 1 heterocycles. The Hall–Kier alpha value is -0.580. The summed E-state index contributed by atoms with van der Waals surface area (Å²) in [7, 11) is 0. The molecule has 45 heavy (non-hydrogen) atoms. The van der Waals surface area contributed by atoms with E-state index >= 15 is 0 Å². The minimum Gasteiger partial charge on any atom is -0.396 e. The van der Waals surface area contributed by atoms with Gasteiger partial charge in [-0.15, -0.1) is 0 Å². The lowest BCUT2D eigenvalue weighted by Crippen LogP contribution is -2.71. The fourth-order valence-electron chi connectivity index (χ4n) is 12.8. The molecule has 0 radical (unpaired) electrons. The maximum Gasteiger partial charge on any atom is 0.192 e. The molecule has 5 aliphatic carbocycles. The van der Waals surface area contributed by atoms with Crippen molar-refractivity contribution in [2.75, 3.05) is 6.61 Å². The van der Waals surface area contributed by atoms with Crippen molar-refractivity contribution in [2.24, 2.45) is 51.2 Å². The topological polar surface area (TPSA) is 140 Å². The Kier molecular flexibility index (Phi) is 8.35. The number of allylic oxidation sites excluding steroid dienone is 2. The highest BCUT2D eigenvalue weighted by Gasteiger charge is 2.75. The van der Waals surface area contributed by atoms with Crippen LogP contribution in [0.2, 0.25) is 0 Å². The number of rotatable bonds is 7. The van der Waals surface area contributed by atoms with Gasteiger partial charge < -0.3 is 40.1 Å². The third-order valence-corrected chi connectivity index (χ3v) is 15.7. The smallest absolute Gasteiger partial charge is 0.192 e. The molecule has 16 atom stereocenters. The van der Waals surface area contributed by atoms with Gasteiger partial charge in [-0.1, -0.05) is 46.3 Å². The van der Waals surface area contributed by atoms with Gasteiger partial charge in [-0.05, 0) is 124 Å². The van der Waals surface area contributed by atoms with E-state index in [1.54, 1.807) is 0 Å². The second kappa shape index (κ2) is 11.0. The lowest BCUT2D eigenvalue weighted by molar-refractivity contribution is -0.413. The zero-order chi connectivity index (χ0) is 33.1.